The molecule has 0 bridgehead atoms. The van der Waals surface area contributed by atoms with Gasteiger partial charge in [0.05, 0.1) is 0 Å². The van der Waals surface area contributed by atoms with Crippen LogP contribution in [-0.4, -0.2) is 18.3 Å². The van der Waals surface area contributed by atoms with Crippen LogP contribution in [0.2, 0.25) is 0 Å². The van der Waals surface area contributed by atoms with Crippen molar-refractivity contribution in [2.75, 3.05) is 0 Å². The first-order valence-corrected chi connectivity index (χ1v) is 9.61. The van der Waals surface area contributed by atoms with Gasteiger partial charge in [0.2, 0.25) is 0 Å². The summed E-state index contributed by atoms with van der Waals surface area (Å²) in [5.41, 5.74) is 0. The van der Waals surface area contributed by atoms with E-state index in [2.05, 4.69) is 27.7 Å². The average Bonchev–Trinajstić information content (AvgIpc) is 3.46. The van der Waals surface area contributed by atoms with Crippen molar-refractivity contribution in [3.63, 3.8) is 0 Å². The van der Waals surface area contributed by atoms with Crippen LogP contribution < -0.4 is 9.47 Å². The number of ether oxygens (including phenoxy) is 2. The SMILES string of the molecule is CC(Oc1ccc(Oc2ccc(I)cc2)cc1)C(=O)ON=CCC1CC1. The number of benzene rings is 2. The fraction of sp³-hybridized carbons (Fsp3) is 0.300. The van der Waals surface area contributed by atoms with Crippen LogP contribution in [-0.2, 0) is 9.63 Å². The summed E-state index contributed by atoms with van der Waals surface area (Å²) in [7, 11) is 0. The minimum Gasteiger partial charge on any atom is -0.479 e. The van der Waals surface area contributed by atoms with E-state index in [1.165, 1.54) is 12.8 Å². The highest BCUT2D eigenvalue weighted by Crippen LogP contribution is 2.31. The van der Waals surface area contributed by atoms with Crippen LogP contribution in [0, 0.1) is 9.49 Å². The van der Waals surface area contributed by atoms with Crippen molar-refractivity contribution in [1.29, 1.82) is 0 Å². The van der Waals surface area contributed by atoms with Gasteiger partial charge < -0.3 is 14.3 Å². The van der Waals surface area contributed by atoms with Crippen molar-refractivity contribution in [2.24, 2.45) is 11.1 Å². The van der Waals surface area contributed by atoms with E-state index in [9.17, 15) is 4.79 Å². The number of rotatable bonds is 8. The summed E-state index contributed by atoms with van der Waals surface area (Å²) in [4.78, 5) is 16.7. The van der Waals surface area contributed by atoms with Crippen LogP contribution in [0.3, 0.4) is 0 Å². The molecule has 1 atom stereocenters. The largest absolute Gasteiger partial charge is 0.479 e. The number of hydrogen-bond acceptors (Lipinski definition) is 5. The van der Waals surface area contributed by atoms with E-state index in [0.717, 1.165) is 15.7 Å². The van der Waals surface area contributed by atoms with Gasteiger partial charge >= 0.3 is 5.97 Å². The number of hydrogen-bond donors (Lipinski definition) is 0. The predicted molar refractivity (Wildman–Crippen MR) is 108 cm³/mol. The van der Waals surface area contributed by atoms with Gasteiger partial charge in [-0.25, -0.2) is 4.79 Å². The van der Waals surface area contributed by atoms with Gasteiger partial charge in [-0.2, -0.15) is 0 Å². The highest BCUT2D eigenvalue weighted by atomic mass is 127. The molecule has 0 N–H and O–H groups in total. The van der Waals surface area contributed by atoms with E-state index in [-0.39, 0.29) is 0 Å². The van der Waals surface area contributed by atoms with Gasteiger partial charge in [-0.1, -0.05) is 5.16 Å². The zero-order valence-electron chi connectivity index (χ0n) is 14.4. The molecule has 26 heavy (non-hydrogen) atoms. The summed E-state index contributed by atoms with van der Waals surface area (Å²) >= 11 is 2.25. The van der Waals surface area contributed by atoms with E-state index < -0.39 is 12.1 Å². The Morgan fingerprint density at radius 1 is 1.12 bits per heavy atom. The molecule has 1 saturated carbocycles. The quantitative estimate of drug-likeness (QED) is 0.233. The maximum absolute atomic E-state index is 11.9. The van der Waals surface area contributed by atoms with Crippen molar-refractivity contribution in [3.8, 4) is 17.2 Å². The zero-order valence-corrected chi connectivity index (χ0v) is 16.6. The van der Waals surface area contributed by atoms with E-state index in [1.807, 2.05) is 24.3 Å². The van der Waals surface area contributed by atoms with E-state index in [4.69, 9.17) is 14.3 Å². The molecule has 0 saturated heterocycles. The second-order valence-electron chi connectivity index (χ2n) is 6.16. The van der Waals surface area contributed by atoms with Crippen LogP contribution in [0.15, 0.2) is 53.7 Å². The number of carbonyl (C=O) groups excluding carboxylic acids is 1. The summed E-state index contributed by atoms with van der Waals surface area (Å²) in [6, 6.07) is 14.9. The molecule has 0 spiro atoms. The Morgan fingerprint density at radius 2 is 1.69 bits per heavy atom. The van der Waals surface area contributed by atoms with Crippen LogP contribution in [0.25, 0.3) is 0 Å². The summed E-state index contributed by atoms with van der Waals surface area (Å²) in [5.74, 6) is 2.22. The Morgan fingerprint density at radius 3 is 2.31 bits per heavy atom. The Labute approximate surface area is 166 Å². The molecule has 0 radical (unpaired) electrons. The van der Waals surface area contributed by atoms with Crippen LogP contribution >= 0.6 is 22.6 Å². The van der Waals surface area contributed by atoms with Gasteiger partial charge in [-0.3, -0.25) is 0 Å². The molecule has 5 nitrogen and oxygen atoms in total. The first-order chi connectivity index (χ1) is 12.6. The molecule has 2 aromatic rings. The lowest BCUT2D eigenvalue weighted by Gasteiger charge is -2.12. The molecule has 0 heterocycles. The van der Waals surface area contributed by atoms with E-state index in [0.29, 0.717) is 17.4 Å². The molecular formula is C20H20INO4. The number of halogens is 1. The van der Waals surface area contributed by atoms with Crippen molar-refractivity contribution < 1.29 is 19.1 Å². The van der Waals surface area contributed by atoms with Crippen molar-refractivity contribution in [3.05, 3.63) is 52.1 Å². The number of carbonyl (C=O) groups is 1. The smallest absolute Gasteiger partial charge is 0.374 e. The minimum atomic E-state index is -0.740. The van der Waals surface area contributed by atoms with Gasteiger partial charge in [0, 0.05) is 9.78 Å². The molecule has 2 aromatic carbocycles. The summed E-state index contributed by atoms with van der Waals surface area (Å²) < 4.78 is 12.5. The highest BCUT2D eigenvalue weighted by molar-refractivity contribution is 14.1. The molecule has 1 aliphatic carbocycles. The molecule has 3 rings (SSSR count). The van der Waals surface area contributed by atoms with Gasteiger partial charge in [0.15, 0.2) is 6.10 Å². The zero-order chi connectivity index (χ0) is 18.4. The Hall–Kier alpha value is -2.09. The van der Waals surface area contributed by atoms with Crippen LogP contribution in [0.1, 0.15) is 26.2 Å². The van der Waals surface area contributed by atoms with Gasteiger partial charge in [0.25, 0.3) is 0 Å². The molecule has 0 amide bonds. The standard InChI is InChI=1S/C20H20INO4/c1-14(20(23)26-22-13-12-15-2-3-15)24-17-8-10-19(11-9-17)25-18-6-4-16(21)5-7-18/h4-11,13-15H,2-3,12H2,1H3. The molecule has 1 aliphatic rings. The van der Waals surface area contributed by atoms with E-state index in [1.54, 1.807) is 37.4 Å². The first-order valence-electron chi connectivity index (χ1n) is 8.53. The summed E-state index contributed by atoms with van der Waals surface area (Å²) in [5, 5.41) is 3.71. The number of oxime groups is 1. The molecule has 1 unspecified atom stereocenters. The van der Waals surface area contributed by atoms with Gasteiger partial charge in [0.1, 0.15) is 17.2 Å². The van der Waals surface area contributed by atoms with Crippen molar-refractivity contribution >= 4 is 34.8 Å². The molecular weight excluding hydrogens is 445 g/mol. The Balaban J connectivity index is 1.47. The maximum Gasteiger partial charge on any atom is 0.374 e. The Kier molecular flexibility index (Phi) is 6.49. The predicted octanol–water partition coefficient (Wildman–Crippen LogP) is 5.18. The van der Waals surface area contributed by atoms with Crippen LogP contribution in [0.5, 0.6) is 17.2 Å². The fourth-order valence-electron chi connectivity index (χ4n) is 2.19. The van der Waals surface area contributed by atoms with E-state index >= 15 is 0 Å². The molecule has 136 valence electrons. The molecule has 6 heteroatoms. The summed E-state index contributed by atoms with van der Waals surface area (Å²) in [6.45, 7) is 1.63. The third kappa shape index (κ3) is 6.01. The Bertz CT molecular complexity index is 754. The third-order valence-corrected chi connectivity index (χ3v) is 4.59. The second kappa shape index (κ2) is 9.02. The van der Waals surface area contributed by atoms with Crippen LogP contribution in [0.4, 0.5) is 0 Å². The van der Waals surface area contributed by atoms with Crippen molar-refractivity contribution in [2.45, 2.75) is 32.3 Å². The monoisotopic (exact) mass is 465 g/mol. The lowest BCUT2D eigenvalue weighted by molar-refractivity contribution is -0.151. The minimum absolute atomic E-state index is 0.517. The topological polar surface area (TPSA) is 57.1 Å². The maximum atomic E-state index is 11.9. The lowest BCUT2D eigenvalue weighted by atomic mass is 10.3. The normalized spacial score (nSPS) is 14.8. The molecule has 0 aromatic heterocycles. The molecule has 0 aliphatic heterocycles. The first kappa shape index (κ1) is 18.7. The summed E-state index contributed by atoms with van der Waals surface area (Å²) in [6.07, 6.45) is 4.26. The highest BCUT2D eigenvalue weighted by Gasteiger charge is 2.20. The fourth-order valence-corrected chi connectivity index (χ4v) is 2.55. The molecule has 1 fully saturated rings. The van der Waals surface area contributed by atoms with Gasteiger partial charge in [-0.15, -0.1) is 0 Å². The average molecular weight is 465 g/mol. The second-order valence-corrected chi connectivity index (χ2v) is 7.41. The number of nitrogens with zero attached hydrogens (tertiary/aromatic N) is 1. The third-order valence-electron chi connectivity index (χ3n) is 3.87. The lowest BCUT2D eigenvalue weighted by Crippen LogP contribution is -2.24. The van der Waals surface area contributed by atoms with Crippen molar-refractivity contribution in [1.82, 2.24) is 0 Å². The van der Waals surface area contributed by atoms with Gasteiger partial charge in [-0.05, 0) is 103 Å².